The van der Waals surface area contributed by atoms with E-state index in [0.29, 0.717) is 5.92 Å². The summed E-state index contributed by atoms with van der Waals surface area (Å²) in [5, 5.41) is 0. The van der Waals surface area contributed by atoms with Crippen molar-refractivity contribution in [1.82, 2.24) is 0 Å². The molecular formula is C18H20O. The summed E-state index contributed by atoms with van der Waals surface area (Å²) >= 11 is 0. The van der Waals surface area contributed by atoms with Gasteiger partial charge in [0.25, 0.3) is 0 Å². The molecule has 0 aliphatic carbocycles. The van der Waals surface area contributed by atoms with Crippen LogP contribution < -0.4 is 4.74 Å². The number of rotatable bonds is 4. The van der Waals surface area contributed by atoms with Crippen molar-refractivity contribution in [3.05, 3.63) is 77.4 Å². The molecule has 0 saturated carbocycles. The monoisotopic (exact) mass is 252 g/mol. The standard InChI is InChI=1S/C18H20O/c1-4-5-18(15-8-6-14(2)7-9-15)16-10-12-17(19-3)13-11-16/h4-13,18H,1-3H3/b5-4+. The van der Waals surface area contributed by atoms with Gasteiger partial charge in [-0.2, -0.15) is 0 Å². The summed E-state index contributed by atoms with van der Waals surface area (Å²) in [5.41, 5.74) is 3.88. The van der Waals surface area contributed by atoms with E-state index in [-0.39, 0.29) is 0 Å². The van der Waals surface area contributed by atoms with E-state index in [1.807, 2.05) is 12.1 Å². The zero-order valence-electron chi connectivity index (χ0n) is 11.8. The van der Waals surface area contributed by atoms with Gasteiger partial charge < -0.3 is 4.74 Å². The van der Waals surface area contributed by atoms with Crippen LogP contribution in [0.15, 0.2) is 60.7 Å². The van der Waals surface area contributed by atoms with Gasteiger partial charge in [-0.1, -0.05) is 54.1 Å². The number of ether oxygens (including phenoxy) is 1. The maximum atomic E-state index is 5.21. The van der Waals surface area contributed by atoms with Crippen LogP contribution in [-0.2, 0) is 0 Å². The second-order valence-electron chi connectivity index (χ2n) is 4.69. The Hall–Kier alpha value is -2.02. The molecule has 0 aromatic heterocycles. The molecule has 0 radical (unpaired) electrons. The number of hydrogen-bond acceptors (Lipinski definition) is 1. The van der Waals surface area contributed by atoms with Gasteiger partial charge in [0.15, 0.2) is 0 Å². The minimum absolute atomic E-state index is 0.302. The largest absolute Gasteiger partial charge is 0.497 e. The minimum Gasteiger partial charge on any atom is -0.497 e. The third-order valence-corrected chi connectivity index (χ3v) is 3.30. The van der Waals surface area contributed by atoms with Gasteiger partial charge in [0.05, 0.1) is 7.11 Å². The first-order chi connectivity index (χ1) is 9.24. The molecule has 0 bridgehead atoms. The van der Waals surface area contributed by atoms with Crippen LogP contribution in [0.5, 0.6) is 5.75 Å². The maximum absolute atomic E-state index is 5.21. The molecule has 1 unspecified atom stereocenters. The van der Waals surface area contributed by atoms with Crippen molar-refractivity contribution in [2.75, 3.05) is 7.11 Å². The Kier molecular flexibility index (Phi) is 4.40. The van der Waals surface area contributed by atoms with Gasteiger partial charge in [-0.3, -0.25) is 0 Å². The lowest BCUT2D eigenvalue weighted by Crippen LogP contribution is -1.98. The van der Waals surface area contributed by atoms with E-state index in [0.717, 1.165) is 5.75 Å². The highest BCUT2D eigenvalue weighted by Gasteiger charge is 2.10. The highest BCUT2D eigenvalue weighted by Crippen LogP contribution is 2.27. The van der Waals surface area contributed by atoms with Crippen LogP contribution in [0, 0.1) is 6.92 Å². The number of aryl methyl sites for hydroxylation is 1. The summed E-state index contributed by atoms with van der Waals surface area (Å²) in [6.07, 6.45) is 4.33. The fraction of sp³-hybridized carbons (Fsp3) is 0.222. The van der Waals surface area contributed by atoms with Crippen LogP contribution in [0.3, 0.4) is 0 Å². The molecule has 0 aliphatic rings. The quantitative estimate of drug-likeness (QED) is 0.716. The predicted molar refractivity (Wildman–Crippen MR) is 80.8 cm³/mol. The maximum Gasteiger partial charge on any atom is 0.118 e. The molecule has 0 amide bonds. The van der Waals surface area contributed by atoms with Gasteiger partial charge in [-0.05, 0) is 37.1 Å². The van der Waals surface area contributed by atoms with Gasteiger partial charge in [0.1, 0.15) is 5.75 Å². The van der Waals surface area contributed by atoms with Crippen LogP contribution in [-0.4, -0.2) is 7.11 Å². The van der Waals surface area contributed by atoms with Crippen molar-refractivity contribution in [2.45, 2.75) is 19.8 Å². The lowest BCUT2D eigenvalue weighted by molar-refractivity contribution is 0.414. The van der Waals surface area contributed by atoms with Crippen molar-refractivity contribution < 1.29 is 4.74 Å². The van der Waals surface area contributed by atoms with Gasteiger partial charge in [0, 0.05) is 5.92 Å². The third-order valence-electron chi connectivity index (χ3n) is 3.30. The third kappa shape index (κ3) is 3.25. The molecule has 0 spiro atoms. The molecule has 1 atom stereocenters. The van der Waals surface area contributed by atoms with Crippen LogP contribution in [0.1, 0.15) is 29.5 Å². The van der Waals surface area contributed by atoms with E-state index in [4.69, 9.17) is 4.74 Å². The number of allylic oxidation sites excluding steroid dienone is 2. The molecule has 0 heterocycles. The van der Waals surface area contributed by atoms with Crippen molar-refractivity contribution in [1.29, 1.82) is 0 Å². The van der Waals surface area contributed by atoms with Crippen LogP contribution in [0.25, 0.3) is 0 Å². The Morgan fingerprint density at radius 1 is 0.895 bits per heavy atom. The molecule has 1 heteroatoms. The molecule has 98 valence electrons. The SMILES string of the molecule is C/C=C/C(c1ccc(C)cc1)c1ccc(OC)cc1. The first-order valence-electron chi connectivity index (χ1n) is 6.58. The van der Waals surface area contributed by atoms with Crippen molar-refractivity contribution >= 4 is 0 Å². The predicted octanol–water partition coefficient (Wildman–Crippen LogP) is 4.71. The summed E-state index contributed by atoms with van der Waals surface area (Å²) in [6, 6.07) is 17.0. The molecule has 1 nitrogen and oxygen atoms in total. The Balaban J connectivity index is 2.36. The van der Waals surface area contributed by atoms with E-state index in [2.05, 4.69) is 62.4 Å². The van der Waals surface area contributed by atoms with E-state index in [9.17, 15) is 0 Å². The Labute approximate surface area is 115 Å². The van der Waals surface area contributed by atoms with Crippen LogP contribution in [0.2, 0.25) is 0 Å². The zero-order chi connectivity index (χ0) is 13.7. The fourth-order valence-electron chi connectivity index (χ4n) is 2.19. The number of benzene rings is 2. The van der Waals surface area contributed by atoms with E-state index < -0.39 is 0 Å². The molecular weight excluding hydrogens is 232 g/mol. The smallest absolute Gasteiger partial charge is 0.118 e. The number of hydrogen-bond donors (Lipinski definition) is 0. The highest BCUT2D eigenvalue weighted by molar-refractivity contribution is 5.40. The Morgan fingerprint density at radius 3 is 1.89 bits per heavy atom. The zero-order valence-corrected chi connectivity index (χ0v) is 11.8. The molecule has 2 rings (SSSR count). The summed E-state index contributed by atoms with van der Waals surface area (Å²) in [5.74, 6) is 1.20. The first kappa shape index (κ1) is 13.4. The fourth-order valence-corrected chi connectivity index (χ4v) is 2.19. The molecule has 0 saturated heterocycles. The normalized spacial score (nSPS) is 12.6. The lowest BCUT2D eigenvalue weighted by atomic mass is 9.90. The Bertz CT molecular complexity index is 535. The van der Waals surface area contributed by atoms with Crippen molar-refractivity contribution in [3.63, 3.8) is 0 Å². The minimum atomic E-state index is 0.302. The van der Waals surface area contributed by atoms with E-state index in [1.165, 1.54) is 16.7 Å². The lowest BCUT2D eigenvalue weighted by Gasteiger charge is -2.14. The summed E-state index contributed by atoms with van der Waals surface area (Å²) in [7, 11) is 1.69. The van der Waals surface area contributed by atoms with Crippen LogP contribution >= 0.6 is 0 Å². The Morgan fingerprint density at radius 2 is 1.42 bits per heavy atom. The molecule has 0 N–H and O–H groups in total. The molecule has 0 aliphatic heterocycles. The molecule has 2 aromatic carbocycles. The van der Waals surface area contributed by atoms with E-state index in [1.54, 1.807) is 7.11 Å². The molecule has 19 heavy (non-hydrogen) atoms. The molecule has 0 fully saturated rings. The summed E-state index contributed by atoms with van der Waals surface area (Å²) in [4.78, 5) is 0. The summed E-state index contributed by atoms with van der Waals surface area (Å²) in [6.45, 7) is 4.17. The highest BCUT2D eigenvalue weighted by atomic mass is 16.5. The molecule has 2 aromatic rings. The second-order valence-corrected chi connectivity index (χ2v) is 4.69. The average molecular weight is 252 g/mol. The van der Waals surface area contributed by atoms with Gasteiger partial charge in [-0.15, -0.1) is 0 Å². The summed E-state index contributed by atoms with van der Waals surface area (Å²) < 4.78 is 5.21. The van der Waals surface area contributed by atoms with Crippen molar-refractivity contribution in [3.8, 4) is 5.75 Å². The van der Waals surface area contributed by atoms with Gasteiger partial charge >= 0.3 is 0 Å². The van der Waals surface area contributed by atoms with Gasteiger partial charge in [-0.25, -0.2) is 0 Å². The van der Waals surface area contributed by atoms with Crippen molar-refractivity contribution in [2.24, 2.45) is 0 Å². The second kappa shape index (κ2) is 6.24. The topological polar surface area (TPSA) is 9.23 Å². The van der Waals surface area contributed by atoms with Gasteiger partial charge in [0.2, 0.25) is 0 Å². The van der Waals surface area contributed by atoms with E-state index >= 15 is 0 Å². The number of methoxy groups -OCH3 is 1. The average Bonchev–Trinajstić information content (AvgIpc) is 2.46. The van der Waals surface area contributed by atoms with Crippen LogP contribution in [0.4, 0.5) is 0 Å². The first-order valence-corrected chi connectivity index (χ1v) is 6.58.